The summed E-state index contributed by atoms with van der Waals surface area (Å²) >= 11 is 0. The van der Waals surface area contributed by atoms with Gasteiger partial charge in [0, 0.05) is 24.9 Å². The van der Waals surface area contributed by atoms with Gasteiger partial charge in [-0.25, -0.2) is 0 Å². The van der Waals surface area contributed by atoms with E-state index >= 15 is 0 Å². The summed E-state index contributed by atoms with van der Waals surface area (Å²) < 4.78 is 0. The molecule has 2 fully saturated rings. The highest BCUT2D eigenvalue weighted by molar-refractivity contribution is 5.81. The third kappa shape index (κ3) is 2.17. The second-order valence-electron chi connectivity index (χ2n) is 5.13. The van der Waals surface area contributed by atoms with Gasteiger partial charge in [-0.3, -0.25) is 4.79 Å². The molecule has 4 atom stereocenters. The van der Waals surface area contributed by atoms with Crippen LogP contribution in [0, 0.1) is 17.8 Å². The van der Waals surface area contributed by atoms with Gasteiger partial charge in [-0.05, 0) is 25.2 Å². The number of amides is 1. The van der Waals surface area contributed by atoms with Gasteiger partial charge in [0.25, 0.3) is 0 Å². The van der Waals surface area contributed by atoms with Crippen LogP contribution in [-0.4, -0.2) is 35.1 Å². The lowest BCUT2D eigenvalue weighted by molar-refractivity contribution is -0.136. The van der Waals surface area contributed by atoms with Crippen LogP contribution in [0.4, 0.5) is 0 Å². The van der Waals surface area contributed by atoms with Crippen molar-refractivity contribution in [2.75, 3.05) is 13.1 Å². The van der Waals surface area contributed by atoms with Crippen molar-refractivity contribution < 1.29 is 9.90 Å². The summed E-state index contributed by atoms with van der Waals surface area (Å²) in [7, 11) is 0. The Hall–Kier alpha value is -0.570. The number of rotatable bonds is 2. The summed E-state index contributed by atoms with van der Waals surface area (Å²) in [5, 5.41) is 9.74. The van der Waals surface area contributed by atoms with E-state index in [0.717, 1.165) is 32.4 Å². The van der Waals surface area contributed by atoms with Gasteiger partial charge in [-0.1, -0.05) is 13.8 Å². The summed E-state index contributed by atoms with van der Waals surface area (Å²) in [6.07, 6.45) is 2.58. The monoisotopic (exact) mass is 211 g/mol. The zero-order chi connectivity index (χ0) is 11.0. The second-order valence-corrected chi connectivity index (χ2v) is 5.13. The van der Waals surface area contributed by atoms with Crippen LogP contribution in [0.3, 0.4) is 0 Å². The molecule has 0 radical (unpaired) electrons. The Morgan fingerprint density at radius 2 is 2.20 bits per heavy atom. The minimum absolute atomic E-state index is 0.198. The van der Waals surface area contributed by atoms with Crippen LogP contribution >= 0.6 is 0 Å². The maximum atomic E-state index is 12.0. The number of aliphatic hydroxyl groups is 1. The normalized spacial score (nSPS) is 40.3. The van der Waals surface area contributed by atoms with Crippen molar-refractivity contribution in [3.8, 4) is 0 Å². The first kappa shape index (κ1) is 10.9. The Bertz CT molecular complexity index is 254. The molecule has 1 aliphatic heterocycles. The lowest BCUT2D eigenvalue weighted by Crippen LogP contribution is -2.46. The molecule has 2 aliphatic rings. The molecule has 1 heterocycles. The molecule has 1 aliphatic carbocycles. The van der Waals surface area contributed by atoms with E-state index in [0.29, 0.717) is 11.8 Å². The predicted molar refractivity (Wildman–Crippen MR) is 58.3 cm³/mol. The number of aliphatic hydroxyl groups excluding tert-OH is 1. The predicted octanol–water partition coefficient (Wildman–Crippen LogP) is 1.26. The molecular weight excluding hydrogens is 190 g/mol. The molecule has 1 N–H and O–H groups in total. The van der Waals surface area contributed by atoms with Crippen LogP contribution in [0.5, 0.6) is 0 Å². The minimum atomic E-state index is -0.198. The first-order valence-corrected chi connectivity index (χ1v) is 6.10. The summed E-state index contributed by atoms with van der Waals surface area (Å²) in [6, 6.07) is 0. The van der Waals surface area contributed by atoms with Crippen molar-refractivity contribution >= 4 is 5.91 Å². The average molecular weight is 211 g/mol. The van der Waals surface area contributed by atoms with Crippen molar-refractivity contribution in [2.24, 2.45) is 17.8 Å². The number of hydrogen-bond donors (Lipinski definition) is 1. The Morgan fingerprint density at radius 3 is 2.73 bits per heavy atom. The third-order valence-electron chi connectivity index (χ3n) is 3.96. The molecular formula is C12H21NO2. The average Bonchev–Trinajstić information content (AvgIpc) is 2.95. The number of likely N-dealkylation sites (tertiary alicyclic amines) is 1. The lowest BCUT2D eigenvalue weighted by atomic mass is 9.92. The highest BCUT2D eigenvalue weighted by atomic mass is 16.3. The largest absolute Gasteiger partial charge is 0.393 e. The molecule has 1 saturated carbocycles. The maximum absolute atomic E-state index is 12.0. The number of hydrogen-bond acceptors (Lipinski definition) is 2. The van der Waals surface area contributed by atoms with Gasteiger partial charge >= 0.3 is 0 Å². The minimum Gasteiger partial charge on any atom is -0.393 e. The van der Waals surface area contributed by atoms with Crippen LogP contribution in [0.1, 0.15) is 33.1 Å². The van der Waals surface area contributed by atoms with Gasteiger partial charge in [0.15, 0.2) is 0 Å². The smallest absolute Gasteiger partial charge is 0.225 e. The van der Waals surface area contributed by atoms with E-state index in [1.165, 1.54) is 0 Å². The van der Waals surface area contributed by atoms with Crippen LogP contribution in [0.15, 0.2) is 0 Å². The standard InChI is InChI=1S/C12H21NO2/c1-3-9-7-13(5-4-11(9)14)12(15)10-6-8(10)2/h8-11,14H,3-7H2,1-2H3. The summed E-state index contributed by atoms with van der Waals surface area (Å²) in [5.41, 5.74) is 0. The van der Waals surface area contributed by atoms with Gasteiger partial charge in [-0.2, -0.15) is 0 Å². The molecule has 0 aromatic rings. The zero-order valence-corrected chi connectivity index (χ0v) is 9.65. The highest BCUT2D eigenvalue weighted by Crippen LogP contribution is 2.39. The molecule has 1 amide bonds. The number of piperidine rings is 1. The van der Waals surface area contributed by atoms with E-state index in [-0.39, 0.29) is 17.9 Å². The van der Waals surface area contributed by atoms with Crippen molar-refractivity contribution in [3.05, 3.63) is 0 Å². The summed E-state index contributed by atoms with van der Waals surface area (Å²) in [4.78, 5) is 14.0. The molecule has 15 heavy (non-hydrogen) atoms. The Balaban J connectivity index is 1.91. The fourth-order valence-electron chi connectivity index (χ4n) is 2.52. The van der Waals surface area contributed by atoms with E-state index in [9.17, 15) is 9.90 Å². The molecule has 3 heteroatoms. The number of nitrogens with zero attached hydrogens (tertiary/aromatic N) is 1. The van der Waals surface area contributed by atoms with Gasteiger partial charge in [0.2, 0.25) is 5.91 Å². The SMILES string of the molecule is CCC1CN(C(=O)C2CC2C)CCC1O. The van der Waals surface area contributed by atoms with E-state index in [1.807, 2.05) is 4.90 Å². The molecule has 86 valence electrons. The summed E-state index contributed by atoms with van der Waals surface area (Å²) in [6.45, 7) is 5.74. The van der Waals surface area contributed by atoms with E-state index in [2.05, 4.69) is 13.8 Å². The van der Waals surface area contributed by atoms with Crippen molar-refractivity contribution in [2.45, 2.75) is 39.2 Å². The molecule has 1 saturated heterocycles. The first-order valence-electron chi connectivity index (χ1n) is 6.10. The molecule has 0 spiro atoms. The third-order valence-corrected chi connectivity index (χ3v) is 3.96. The molecule has 3 nitrogen and oxygen atoms in total. The fourth-order valence-corrected chi connectivity index (χ4v) is 2.52. The number of carbonyl (C=O) groups is 1. The summed E-state index contributed by atoms with van der Waals surface area (Å²) in [5.74, 6) is 1.49. The fraction of sp³-hybridized carbons (Fsp3) is 0.917. The topological polar surface area (TPSA) is 40.5 Å². The first-order chi connectivity index (χ1) is 7.13. The van der Waals surface area contributed by atoms with Crippen LogP contribution in [0.25, 0.3) is 0 Å². The van der Waals surface area contributed by atoms with Gasteiger partial charge < -0.3 is 10.0 Å². The van der Waals surface area contributed by atoms with Gasteiger partial charge in [-0.15, -0.1) is 0 Å². The van der Waals surface area contributed by atoms with Crippen LogP contribution in [0.2, 0.25) is 0 Å². The lowest BCUT2D eigenvalue weighted by Gasteiger charge is -2.36. The Morgan fingerprint density at radius 1 is 1.53 bits per heavy atom. The van der Waals surface area contributed by atoms with Crippen molar-refractivity contribution in [1.82, 2.24) is 4.90 Å². The van der Waals surface area contributed by atoms with E-state index in [1.54, 1.807) is 0 Å². The van der Waals surface area contributed by atoms with Crippen molar-refractivity contribution in [1.29, 1.82) is 0 Å². The van der Waals surface area contributed by atoms with Crippen LogP contribution in [-0.2, 0) is 4.79 Å². The van der Waals surface area contributed by atoms with E-state index in [4.69, 9.17) is 0 Å². The highest BCUT2D eigenvalue weighted by Gasteiger charge is 2.42. The van der Waals surface area contributed by atoms with Gasteiger partial charge in [0.05, 0.1) is 6.10 Å². The molecule has 0 bridgehead atoms. The molecule has 0 aromatic heterocycles. The maximum Gasteiger partial charge on any atom is 0.225 e. The van der Waals surface area contributed by atoms with Gasteiger partial charge in [0.1, 0.15) is 0 Å². The molecule has 0 aromatic carbocycles. The zero-order valence-electron chi connectivity index (χ0n) is 9.65. The Kier molecular flexibility index (Phi) is 3.01. The quantitative estimate of drug-likeness (QED) is 0.747. The van der Waals surface area contributed by atoms with E-state index < -0.39 is 0 Å². The molecule has 2 rings (SSSR count). The van der Waals surface area contributed by atoms with Crippen molar-refractivity contribution in [3.63, 3.8) is 0 Å². The number of carbonyl (C=O) groups excluding carboxylic acids is 1. The van der Waals surface area contributed by atoms with Crippen LogP contribution < -0.4 is 0 Å². The molecule has 4 unspecified atom stereocenters. The second kappa shape index (κ2) is 4.12. The Labute approximate surface area is 91.5 Å².